The predicted molar refractivity (Wildman–Crippen MR) is 67.4 cm³/mol. The molecule has 1 rings (SSSR count). The summed E-state index contributed by atoms with van der Waals surface area (Å²) < 4.78 is 0. The summed E-state index contributed by atoms with van der Waals surface area (Å²) in [6.07, 6.45) is 0. The second-order valence-corrected chi connectivity index (χ2v) is 15.4. The van der Waals surface area contributed by atoms with E-state index in [1.807, 2.05) is 0 Å². The number of hydrogen-bond donors (Lipinski definition) is 0. The Labute approximate surface area is 86.3 Å². The van der Waals surface area contributed by atoms with Crippen LogP contribution in [0, 0.1) is 0 Å². The van der Waals surface area contributed by atoms with E-state index >= 15 is 0 Å². The first-order valence-corrected chi connectivity index (χ1v) is 8.48. The quantitative estimate of drug-likeness (QED) is 0.489. The molecule has 0 spiro atoms. The van der Waals surface area contributed by atoms with Gasteiger partial charge in [-0.2, -0.15) is 0 Å². The Bertz CT molecular complexity index is 183. The first kappa shape index (κ1) is 11.9. The average molecular weight is 218 g/mol. The van der Waals surface area contributed by atoms with Gasteiger partial charge in [-0.1, -0.05) is 70.6 Å². The first-order chi connectivity index (χ1) is 5.49. The Hall–Kier alpha value is 0.860. The Morgan fingerprint density at radius 2 is 0.923 bits per heavy atom. The van der Waals surface area contributed by atoms with E-state index in [1.165, 1.54) is 0 Å². The van der Waals surface area contributed by atoms with Gasteiger partial charge in [0.25, 0.3) is 0 Å². The van der Waals surface area contributed by atoms with E-state index in [2.05, 4.69) is 55.4 Å². The SMILES string of the molecule is CC(C)(C)P1P(C(C)(C)C)C1(C)C. The molecular formula is C11H24P2. The van der Waals surface area contributed by atoms with Gasteiger partial charge in [0.1, 0.15) is 0 Å². The van der Waals surface area contributed by atoms with Crippen LogP contribution in [0.25, 0.3) is 0 Å². The summed E-state index contributed by atoms with van der Waals surface area (Å²) in [5.41, 5.74) is 0. The summed E-state index contributed by atoms with van der Waals surface area (Å²) in [4.78, 5) is 0.682. The van der Waals surface area contributed by atoms with Crippen molar-refractivity contribution in [3.05, 3.63) is 0 Å². The summed E-state index contributed by atoms with van der Waals surface area (Å²) in [6.45, 7) is 19.5. The normalized spacial score (nSPS) is 33.2. The number of rotatable bonds is 0. The fraction of sp³-hybridized carbons (Fsp3) is 1.00. The third-order valence-corrected chi connectivity index (χ3v) is 15.5. The zero-order chi connectivity index (χ0) is 10.7. The van der Waals surface area contributed by atoms with Crippen molar-refractivity contribution < 1.29 is 0 Å². The maximum atomic E-state index is 2.49. The molecule has 78 valence electrons. The van der Waals surface area contributed by atoms with Crippen molar-refractivity contribution in [2.45, 2.75) is 70.6 Å². The molecule has 0 aromatic heterocycles. The standard InChI is InChI=1S/C11H24P2/c1-9(2,3)12-11(7,8)13(12)10(4,5)6/h1-8H3. The molecule has 13 heavy (non-hydrogen) atoms. The monoisotopic (exact) mass is 218 g/mol. The molecule has 0 bridgehead atoms. The van der Waals surface area contributed by atoms with Gasteiger partial charge in [-0.25, -0.2) is 0 Å². The third kappa shape index (κ3) is 2.10. The Balaban J connectivity index is 2.85. The van der Waals surface area contributed by atoms with Crippen molar-refractivity contribution in [2.75, 3.05) is 0 Å². The molecular weight excluding hydrogens is 194 g/mol. The summed E-state index contributed by atoms with van der Waals surface area (Å²) in [6, 6.07) is 0. The smallest absolute Gasteiger partial charge is 0.0138 e. The molecule has 1 saturated heterocycles. The first-order valence-electron chi connectivity index (χ1n) is 5.09. The van der Waals surface area contributed by atoms with Gasteiger partial charge in [0, 0.05) is 4.90 Å². The van der Waals surface area contributed by atoms with Crippen LogP contribution < -0.4 is 0 Å². The van der Waals surface area contributed by atoms with Crippen LogP contribution in [0.15, 0.2) is 0 Å². The average Bonchev–Trinajstić information content (AvgIpc) is 2.29. The molecule has 0 N–H and O–H groups in total. The minimum absolute atomic E-state index is 0.279. The van der Waals surface area contributed by atoms with E-state index in [-0.39, 0.29) is 15.2 Å². The van der Waals surface area contributed by atoms with Crippen molar-refractivity contribution in [2.24, 2.45) is 0 Å². The van der Waals surface area contributed by atoms with E-state index in [4.69, 9.17) is 0 Å². The second-order valence-electron chi connectivity index (χ2n) is 6.46. The van der Waals surface area contributed by atoms with Crippen molar-refractivity contribution in [3.63, 3.8) is 0 Å². The fourth-order valence-electron chi connectivity index (χ4n) is 2.61. The highest BCUT2D eigenvalue weighted by molar-refractivity contribution is 8.48. The van der Waals surface area contributed by atoms with Gasteiger partial charge in [-0.3, -0.25) is 0 Å². The third-order valence-electron chi connectivity index (χ3n) is 2.47. The lowest BCUT2D eigenvalue weighted by Gasteiger charge is -2.24. The van der Waals surface area contributed by atoms with Gasteiger partial charge in [0.15, 0.2) is 0 Å². The van der Waals surface area contributed by atoms with Crippen LogP contribution in [0.2, 0.25) is 0 Å². The molecule has 0 radical (unpaired) electrons. The minimum Gasteiger partial charge on any atom is -0.0635 e. The molecule has 0 aliphatic carbocycles. The van der Waals surface area contributed by atoms with Crippen LogP contribution >= 0.6 is 15.2 Å². The van der Waals surface area contributed by atoms with Crippen LogP contribution in [-0.2, 0) is 0 Å². The van der Waals surface area contributed by atoms with E-state index in [9.17, 15) is 0 Å². The molecule has 0 amide bonds. The van der Waals surface area contributed by atoms with E-state index in [1.54, 1.807) is 0 Å². The number of hydrogen-bond acceptors (Lipinski definition) is 0. The highest BCUT2D eigenvalue weighted by Crippen LogP contribution is 3.08. The molecule has 0 nitrogen and oxygen atoms in total. The van der Waals surface area contributed by atoms with E-state index in [0.717, 1.165) is 0 Å². The molecule has 0 aromatic carbocycles. The maximum absolute atomic E-state index is 2.49. The fourth-order valence-corrected chi connectivity index (χ4v) is 16.3. The Kier molecular flexibility index (Phi) is 2.69. The maximum Gasteiger partial charge on any atom is 0.0138 e. The zero-order valence-electron chi connectivity index (χ0n) is 10.4. The summed E-state index contributed by atoms with van der Waals surface area (Å²) in [5, 5.41) is 1.13. The van der Waals surface area contributed by atoms with Crippen LogP contribution in [0.1, 0.15) is 55.4 Å². The Morgan fingerprint density at radius 3 is 1.00 bits per heavy atom. The molecule has 2 atom stereocenters. The van der Waals surface area contributed by atoms with Crippen LogP contribution in [-0.4, -0.2) is 15.2 Å². The van der Waals surface area contributed by atoms with Crippen molar-refractivity contribution >= 4 is 15.2 Å². The lowest BCUT2D eigenvalue weighted by molar-refractivity contribution is 0.779. The lowest BCUT2D eigenvalue weighted by atomic mass is 10.3. The second kappa shape index (κ2) is 2.93. The molecule has 1 fully saturated rings. The molecule has 1 aliphatic rings. The van der Waals surface area contributed by atoms with Gasteiger partial charge < -0.3 is 0 Å². The van der Waals surface area contributed by atoms with Crippen molar-refractivity contribution in [3.8, 4) is 0 Å². The predicted octanol–water partition coefficient (Wildman–Crippen LogP) is 5.21. The van der Waals surface area contributed by atoms with Crippen molar-refractivity contribution in [1.82, 2.24) is 0 Å². The van der Waals surface area contributed by atoms with Gasteiger partial charge in [0.05, 0.1) is 0 Å². The molecule has 2 heteroatoms. The van der Waals surface area contributed by atoms with Gasteiger partial charge >= 0.3 is 0 Å². The largest absolute Gasteiger partial charge is 0.0635 e. The zero-order valence-corrected chi connectivity index (χ0v) is 12.2. The summed E-state index contributed by atoms with van der Waals surface area (Å²) >= 11 is 0. The summed E-state index contributed by atoms with van der Waals surface area (Å²) in [7, 11) is 0.557. The van der Waals surface area contributed by atoms with Crippen LogP contribution in [0.5, 0.6) is 0 Å². The summed E-state index contributed by atoms with van der Waals surface area (Å²) in [5.74, 6) is 0. The highest BCUT2D eigenvalue weighted by atomic mass is 32.1. The molecule has 2 unspecified atom stereocenters. The van der Waals surface area contributed by atoms with Crippen molar-refractivity contribution in [1.29, 1.82) is 0 Å². The molecule has 1 heterocycles. The van der Waals surface area contributed by atoms with Gasteiger partial charge in [-0.15, -0.1) is 0 Å². The van der Waals surface area contributed by atoms with E-state index in [0.29, 0.717) is 15.2 Å². The molecule has 0 saturated carbocycles. The highest BCUT2D eigenvalue weighted by Gasteiger charge is 2.65. The minimum atomic E-state index is 0.279. The Morgan fingerprint density at radius 1 is 0.692 bits per heavy atom. The van der Waals surface area contributed by atoms with Crippen LogP contribution in [0.3, 0.4) is 0 Å². The topological polar surface area (TPSA) is 0 Å². The van der Waals surface area contributed by atoms with E-state index < -0.39 is 0 Å². The lowest BCUT2D eigenvalue weighted by Crippen LogP contribution is -2.08. The molecule has 1 aliphatic heterocycles. The van der Waals surface area contributed by atoms with Crippen LogP contribution in [0.4, 0.5) is 0 Å². The molecule has 0 aromatic rings. The van der Waals surface area contributed by atoms with Gasteiger partial charge in [0.2, 0.25) is 0 Å². The van der Waals surface area contributed by atoms with Gasteiger partial charge in [-0.05, 0) is 10.3 Å².